The average molecular weight is 305 g/mol. The Hall–Kier alpha value is -1.75. The second-order valence-corrected chi connectivity index (χ2v) is 5.70. The van der Waals surface area contributed by atoms with E-state index in [1.54, 1.807) is 7.05 Å². The van der Waals surface area contributed by atoms with E-state index in [0.717, 1.165) is 44.2 Å². The van der Waals surface area contributed by atoms with E-state index >= 15 is 0 Å². The first-order chi connectivity index (χ1) is 10.7. The van der Waals surface area contributed by atoms with Gasteiger partial charge in [-0.2, -0.15) is 0 Å². The summed E-state index contributed by atoms with van der Waals surface area (Å²) in [5, 5.41) is 6.61. The Balaban J connectivity index is 1.63. The first kappa shape index (κ1) is 16.6. The predicted molar refractivity (Wildman–Crippen MR) is 89.6 cm³/mol. The molecule has 1 aromatic carbocycles. The number of ether oxygens (including phenoxy) is 2. The Kier molecular flexibility index (Phi) is 6.52. The van der Waals surface area contributed by atoms with Crippen LogP contribution in [0.25, 0.3) is 0 Å². The molecule has 2 N–H and O–H groups in total. The highest BCUT2D eigenvalue weighted by molar-refractivity contribution is 5.79. The van der Waals surface area contributed by atoms with Crippen molar-refractivity contribution in [3.05, 3.63) is 29.8 Å². The third-order valence-electron chi connectivity index (χ3n) is 3.50. The normalized spacial score (nSPS) is 17.3. The SMILES string of the molecule is CN=C(NCCCOC(C)C)NCC1Cc2ccccc2O1. The van der Waals surface area contributed by atoms with Crippen molar-refractivity contribution < 1.29 is 9.47 Å². The number of aliphatic imine (C=N–C) groups is 1. The third-order valence-corrected chi connectivity index (χ3v) is 3.50. The fourth-order valence-electron chi connectivity index (χ4n) is 2.40. The van der Waals surface area contributed by atoms with E-state index in [4.69, 9.17) is 9.47 Å². The Morgan fingerprint density at radius 3 is 2.91 bits per heavy atom. The summed E-state index contributed by atoms with van der Waals surface area (Å²) < 4.78 is 11.4. The monoisotopic (exact) mass is 305 g/mol. The van der Waals surface area contributed by atoms with Crippen LogP contribution in [0.15, 0.2) is 29.3 Å². The number of nitrogens with one attached hydrogen (secondary N) is 2. The topological polar surface area (TPSA) is 54.9 Å². The summed E-state index contributed by atoms with van der Waals surface area (Å²) in [6, 6.07) is 8.21. The van der Waals surface area contributed by atoms with Crippen molar-refractivity contribution in [3.8, 4) is 5.75 Å². The molecule has 5 heteroatoms. The third kappa shape index (κ3) is 5.22. The molecule has 0 fully saturated rings. The highest BCUT2D eigenvalue weighted by atomic mass is 16.5. The van der Waals surface area contributed by atoms with E-state index in [0.29, 0.717) is 6.10 Å². The highest BCUT2D eigenvalue weighted by Gasteiger charge is 2.22. The predicted octanol–water partition coefficient (Wildman–Crippen LogP) is 1.97. The number of hydrogen-bond acceptors (Lipinski definition) is 3. The standard InChI is InChI=1S/C17H27N3O2/c1-13(2)21-10-6-9-19-17(18-3)20-12-15-11-14-7-4-5-8-16(14)22-15/h4-5,7-8,13,15H,6,9-12H2,1-3H3,(H2,18,19,20). The van der Waals surface area contributed by atoms with Crippen LogP contribution < -0.4 is 15.4 Å². The van der Waals surface area contributed by atoms with Crippen molar-refractivity contribution in [1.82, 2.24) is 10.6 Å². The van der Waals surface area contributed by atoms with Crippen LogP contribution in [0.4, 0.5) is 0 Å². The molecule has 0 bridgehead atoms. The van der Waals surface area contributed by atoms with Crippen molar-refractivity contribution in [2.45, 2.75) is 38.9 Å². The zero-order valence-electron chi connectivity index (χ0n) is 13.8. The second-order valence-electron chi connectivity index (χ2n) is 5.70. The van der Waals surface area contributed by atoms with Crippen LogP contribution >= 0.6 is 0 Å². The molecule has 1 unspecified atom stereocenters. The minimum absolute atomic E-state index is 0.167. The largest absolute Gasteiger partial charge is 0.488 e. The van der Waals surface area contributed by atoms with Crippen molar-refractivity contribution in [2.75, 3.05) is 26.7 Å². The highest BCUT2D eigenvalue weighted by Crippen LogP contribution is 2.27. The minimum Gasteiger partial charge on any atom is -0.488 e. The second kappa shape index (κ2) is 8.63. The quantitative estimate of drug-likeness (QED) is 0.459. The molecule has 0 amide bonds. The summed E-state index contributed by atoms with van der Waals surface area (Å²) >= 11 is 0. The summed E-state index contributed by atoms with van der Waals surface area (Å²) in [7, 11) is 1.78. The number of rotatable bonds is 7. The van der Waals surface area contributed by atoms with Gasteiger partial charge in [-0.1, -0.05) is 18.2 Å². The van der Waals surface area contributed by atoms with Crippen molar-refractivity contribution in [2.24, 2.45) is 4.99 Å². The van der Waals surface area contributed by atoms with E-state index in [-0.39, 0.29) is 6.10 Å². The van der Waals surface area contributed by atoms with Crippen LogP contribution in [0, 0.1) is 0 Å². The smallest absolute Gasteiger partial charge is 0.191 e. The molecule has 2 rings (SSSR count). The molecular formula is C17H27N3O2. The first-order valence-corrected chi connectivity index (χ1v) is 7.99. The number of nitrogens with zero attached hydrogens (tertiary/aromatic N) is 1. The number of para-hydroxylation sites is 1. The molecule has 122 valence electrons. The van der Waals surface area contributed by atoms with Crippen LogP contribution in [0.2, 0.25) is 0 Å². The van der Waals surface area contributed by atoms with Gasteiger partial charge in [0.05, 0.1) is 12.6 Å². The van der Waals surface area contributed by atoms with E-state index in [1.165, 1.54) is 5.56 Å². The lowest BCUT2D eigenvalue weighted by Gasteiger charge is -2.15. The first-order valence-electron chi connectivity index (χ1n) is 7.99. The molecule has 1 aliphatic heterocycles. The number of fused-ring (bicyclic) bond motifs is 1. The number of benzene rings is 1. The summed E-state index contributed by atoms with van der Waals surface area (Å²) in [6.45, 7) is 6.46. The van der Waals surface area contributed by atoms with Crippen LogP contribution in [0.1, 0.15) is 25.8 Å². The van der Waals surface area contributed by atoms with E-state index in [1.807, 2.05) is 26.0 Å². The molecule has 0 aliphatic carbocycles. The fraction of sp³-hybridized carbons (Fsp3) is 0.588. The van der Waals surface area contributed by atoms with Gasteiger partial charge in [0.15, 0.2) is 5.96 Å². The zero-order chi connectivity index (χ0) is 15.8. The average Bonchev–Trinajstić information content (AvgIpc) is 2.92. The lowest BCUT2D eigenvalue weighted by atomic mass is 10.1. The van der Waals surface area contributed by atoms with Gasteiger partial charge in [0.2, 0.25) is 0 Å². The zero-order valence-corrected chi connectivity index (χ0v) is 13.8. The maximum absolute atomic E-state index is 5.91. The Morgan fingerprint density at radius 1 is 1.36 bits per heavy atom. The maximum atomic E-state index is 5.91. The molecule has 1 heterocycles. The van der Waals surface area contributed by atoms with Gasteiger partial charge in [0.25, 0.3) is 0 Å². The van der Waals surface area contributed by atoms with E-state index in [2.05, 4.69) is 27.8 Å². The van der Waals surface area contributed by atoms with Gasteiger partial charge in [0, 0.05) is 26.6 Å². The van der Waals surface area contributed by atoms with Crippen molar-refractivity contribution in [3.63, 3.8) is 0 Å². The van der Waals surface area contributed by atoms with E-state index in [9.17, 15) is 0 Å². The van der Waals surface area contributed by atoms with Crippen molar-refractivity contribution >= 4 is 5.96 Å². The molecule has 1 aliphatic rings. The maximum Gasteiger partial charge on any atom is 0.191 e. The molecule has 22 heavy (non-hydrogen) atoms. The molecule has 0 radical (unpaired) electrons. The van der Waals surface area contributed by atoms with Gasteiger partial charge < -0.3 is 20.1 Å². The van der Waals surface area contributed by atoms with Gasteiger partial charge in [0.1, 0.15) is 11.9 Å². The molecule has 0 aromatic heterocycles. The molecule has 0 spiro atoms. The molecular weight excluding hydrogens is 278 g/mol. The summed E-state index contributed by atoms with van der Waals surface area (Å²) in [4.78, 5) is 4.23. The fourth-order valence-corrected chi connectivity index (χ4v) is 2.40. The summed E-state index contributed by atoms with van der Waals surface area (Å²) in [5.74, 6) is 1.81. The minimum atomic E-state index is 0.167. The van der Waals surface area contributed by atoms with Crippen LogP contribution in [0.3, 0.4) is 0 Å². The molecule has 0 saturated carbocycles. The van der Waals surface area contributed by atoms with Crippen molar-refractivity contribution in [1.29, 1.82) is 0 Å². The number of guanidine groups is 1. The van der Waals surface area contributed by atoms with Gasteiger partial charge >= 0.3 is 0 Å². The van der Waals surface area contributed by atoms with Crippen LogP contribution in [0.5, 0.6) is 5.75 Å². The summed E-state index contributed by atoms with van der Waals surface area (Å²) in [6.07, 6.45) is 2.37. The Bertz CT molecular complexity index is 464. The Morgan fingerprint density at radius 2 is 2.18 bits per heavy atom. The molecule has 0 saturated heterocycles. The molecule has 1 aromatic rings. The van der Waals surface area contributed by atoms with Gasteiger partial charge in [-0.3, -0.25) is 4.99 Å². The van der Waals surface area contributed by atoms with Gasteiger partial charge in [-0.05, 0) is 31.9 Å². The van der Waals surface area contributed by atoms with Crippen LogP contribution in [-0.2, 0) is 11.2 Å². The molecule has 1 atom stereocenters. The lowest BCUT2D eigenvalue weighted by molar-refractivity contribution is 0.0776. The number of hydrogen-bond donors (Lipinski definition) is 2. The Labute approximate surface area is 133 Å². The van der Waals surface area contributed by atoms with Gasteiger partial charge in [-0.15, -0.1) is 0 Å². The van der Waals surface area contributed by atoms with E-state index < -0.39 is 0 Å². The van der Waals surface area contributed by atoms with Gasteiger partial charge in [-0.25, -0.2) is 0 Å². The molecule has 5 nitrogen and oxygen atoms in total. The lowest BCUT2D eigenvalue weighted by Crippen LogP contribution is -2.42. The van der Waals surface area contributed by atoms with Crippen LogP contribution in [-0.4, -0.2) is 44.9 Å². The summed E-state index contributed by atoms with van der Waals surface area (Å²) in [5.41, 5.74) is 1.28.